The number of phenolic OH excluding ortho intramolecular Hbond substituents is 1. The average Bonchev–Trinajstić information content (AvgIpc) is 3.24. The largest absolute Gasteiger partial charge is 0.508 e. The second-order valence-corrected chi connectivity index (χ2v) is 10.5. The summed E-state index contributed by atoms with van der Waals surface area (Å²) in [7, 11) is 1.10. The first-order valence-corrected chi connectivity index (χ1v) is 13.9. The lowest BCUT2D eigenvalue weighted by atomic mass is 9.68. The number of benzene rings is 2. The zero-order valence-electron chi connectivity index (χ0n) is 23.4. The Morgan fingerprint density at radius 3 is 2.41 bits per heavy atom. The minimum absolute atomic E-state index is 0.0565. The SMILES string of the molecule is CCC/C(=C\c1ccc(O)cc1)CC[C@@H](O)C1=C(COc2ccccc2)C[C@H]2C(=O)N(C(=O)OC)C(=O)[C@H]2[C@H]1CO. The number of likely N-dealkylation sites (tertiary alicyclic amines) is 1. The number of para-hydroxylation sites is 1. The monoisotopic (exact) mass is 563 g/mol. The van der Waals surface area contributed by atoms with Gasteiger partial charge in [-0.2, -0.15) is 4.90 Å². The minimum atomic E-state index is -1.06. The third-order valence-corrected chi connectivity index (χ3v) is 7.83. The van der Waals surface area contributed by atoms with Crippen molar-refractivity contribution in [3.63, 3.8) is 0 Å². The van der Waals surface area contributed by atoms with E-state index in [0.29, 0.717) is 34.6 Å². The van der Waals surface area contributed by atoms with Gasteiger partial charge in [-0.3, -0.25) is 9.59 Å². The second-order valence-electron chi connectivity index (χ2n) is 10.5. The summed E-state index contributed by atoms with van der Waals surface area (Å²) in [5, 5.41) is 31.7. The number of phenols is 1. The molecule has 2 aromatic carbocycles. The number of aliphatic hydroxyl groups excluding tert-OH is 2. The van der Waals surface area contributed by atoms with Gasteiger partial charge in [0.15, 0.2) is 0 Å². The first-order valence-electron chi connectivity index (χ1n) is 13.9. The van der Waals surface area contributed by atoms with Crippen LogP contribution >= 0.6 is 0 Å². The summed E-state index contributed by atoms with van der Waals surface area (Å²) in [5.74, 6) is -3.32. The normalized spacial score (nSPS) is 21.6. The van der Waals surface area contributed by atoms with Crippen molar-refractivity contribution in [3.05, 3.63) is 76.9 Å². The van der Waals surface area contributed by atoms with E-state index in [1.54, 1.807) is 24.3 Å². The number of imide groups is 3. The molecule has 4 atom stereocenters. The lowest BCUT2D eigenvalue weighted by Gasteiger charge is -2.36. The molecule has 0 unspecified atom stereocenters. The van der Waals surface area contributed by atoms with Crippen molar-refractivity contribution in [1.29, 1.82) is 0 Å². The van der Waals surface area contributed by atoms with E-state index < -0.39 is 48.4 Å². The number of amides is 3. The summed E-state index contributed by atoms with van der Waals surface area (Å²) in [4.78, 5) is 39.2. The maximum Gasteiger partial charge on any atom is 0.423 e. The molecule has 0 bridgehead atoms. The third-order valence-electron chi connectivity index (χ3n) is 7.83. The highest BCUT2D eigenvalue weighted by Crippen LogP contribution is 2.46. The lowest BCUT2D eigenvalue weighted by Crippen LogP contribution is -2.40. The van der Waals surface area contributed by atoms with E-state index in [4.69, 9.17) is 4.74 Å². The van der Waals surface area contributed by atoms with Crippen LogP contribution in [0.2, 0.25) is 0 Å². The molecule has 1 saturated heterocycles. The molecular formula is C32H37NO8. The molecule has 4 rings (SSSR count). The van der Waals surface area contributed by atoms with Crippen molar-refractivity contribution in [2.75, 3.05) is 20.3 Å². The molecule has 41 heavy (non-hydrogen) atoms. The molecule has 0 aromatic heterocycles. The summed E-state index contributed by atoms with van der Waals surface area (Å²) in [5.41, 5.74) is 3.16. The molecule has 0 radical (unpaired) electrons. The molecule has 1 heterocycles. The Balaban J connectivity index is 1.64. The number of aliphatic hydroxyl groups is 2. The van der Waals surface area contributed by atoms with Gasteiger partial charge < -0.3 is 24.8 Å². The quantitative estimate of drug-likeness (QED) is 0.269. The van der Waals surface area contributed by atoms with Gasteiger partial charge in [-0.1, -0.05) is 55.3 Å². The van der Waals surface area contributed by atoms with E-state index in [0.717, 1.165) is 31.1 Å². The molecular weight excluding hydrogens is 526 g/mol. The van der Waals surface area contributed by atoms with Crippen molar-refractivity contribution in [2.45, 2.75) is 45.1 Å². The maximum atomic E-state index is 13.3. The van der Waals surface area contributed by atoms with Crippen LogP contribution in [-0.2, 0) is 14.3 Å². The number of ether oxygens (including phenoxy) is 2. The second kappa shape index (κ2) is 13.6. The molecule has 9 heteroatoms. The summed E-state index contributed by atoms with van der Waals surface area (Å²) >= 11 is 0. The number of aromatic hydroxyl groups is 1. The molecule has 3 N–H and O–H groups in total. The highest BCUT2D eigenvalue weighted by Gasteiger charge is 2.57. The number of hydrogen-bond donors (Lipinski definition) is 3. The number of nitrogens with zero attached hydrogens (tertiary/aromatic N) is 1. The molecule has 3 amide bonds. The van der Waals surface area contributed by atoms with Crippen LogP contribution in [0.3, 0.4) is 0 Å². The third kappa shape index (κ3) is 6.69. The van der Waals surface area contributed by atoms with Crippen LogP contribution in [0.4, 0.5) is 4.79 Å². The Morgan fingerprint density at radius 2 is 1.78 bits per heavy atom. The van der Waals surface area contributed by atoms with Crippen molar-refractivity contribution in [3.8, 4) is 11.5 Å². The van der Waals surface area contributed by atoms with E-state index >= 15 is 0 Å². The predicted octanol–water partition coefficient (Wildman–Crippen LogP) is 4.47. The Kier molecular flexibility index (Phi) is 9.96. The highest BCUT2D eigenvalue weighted by atomic mass is 16.5. The van der Waals surface area contributed by atoms with Gasteiger partial charge >= 0.3 is 6.09 Å². The van der Waals surface area contributed by atoms with Crippen LogP contribution in [0, 0.1) is 17.8 Å². The molecule has 1 aliphatic carbocycles. The first-order chi connectivity index (χ1) is 19.8. The van der Waals surface area contributed by atoms with Gasteiger partial charge in [-0.15, -0.1) is 0 Å². The van der Waals surface area contributed by atoms with Crippen molar-refractivity contribution >= 4 is 24.0 Å². The molecule has 1 fully saturated rings. The molecule has 218 valence electrons. The van der Waals surface area contributed by atoms with Crippen LogP contribution in [0.25, 0.3) is 6.08 Å². The van der Waals surface area contributed by atoms with Gasteiger partial charge in [0.2, 0.25) is 11.8 Å². The highest BCUT2D eigenvalue weighted by molar-refractivity contribution is 6.16. The van der Waals surface area contributed by atoms with E-state index in [9.17, 15) is 29.7 Å². The Labute approximate surface area is 239 Å². The Hall–Kier alpha value is -3.95. The number of carbonyl (C=O) groups excluding carboxylic acids is 3. The van der Waals surface area contributed by atoms with Crippen LogP contribution in [0.1, 0.15) is 44.6 Å². The summed E-state index contributed by atoms with van der Waals surface area (Å²) in [6, 6.07) is 16.0. The fraction of sp³-hybridized carbons (Fsp3) is 0.406. The van der Waals surface area contributed by atoms with Gasteiger partial charge in [0.1, 0.15) is 18.1 Å². The predicted molar refractivity (Wildman–Crippen MR) is 152 cm³/mol. The zero-order valence-corrected chi connectivity index (χ0v) is 23.4. The number of fused-ring (bicyclic) bond motifs is 1. The smallest absolute Gasteiger partial charge is 0.423 e. The lowest BCUT2D eigenvalue weighted by molar-refractivity contribution is -0.137. The summed E-state index contributed by atoms with van der Waals surface area (Å²) in [6.07, 6.45) is 2.68. The van der Waals surface area contributed by atoms with Crippen LogP contribution < -0.4 is 4.74 Å². The van der Waals surface area contributed by atoms with E-state index in [1.807, 2.05) is 36.4 Å². The molecule has 0 saturated carbocycles. The van der Waals surface area contributed by atoms with Crippen molar-refractivity contribution < 1.29 is 39.2 Å². The van der Waals surface area contributed by atoms with E-state index in [2.05, 4.69) is 11.7 Å². The number of rotatable bonds is 11. The van der Waals surface area contributed by atoms with Crippen LogP contribution in [0.15, 0.2) is 71.3 Å². The molecule has 2 aliphatic rings. The topological polar surface area (TPSA) is 134 Å². The van der Waals surface area contributed by atoms with Crippen molar-refractivity contribution in [1.82, 2.24) is 4.90 Å². The number of allylic oxidation sites excluding steroid dienone is 1. The molecule has 9 nitrogen and oxygen atoms in total. The van der Waals surface area contributed by atoms with Crippen LogP contribution in [0.5, 0.6) is 11.5 Å². The summed E-state index contributed by atoms with van der Waals surface area (Å²) < 4.78 is 10.7. The van der Waals surface area contributed by atoms with Gasteiger partial charge in [-0.05, 0) is 66.7 Å². The fourth-order valence-corrected chi connectivity index (χ4v) is 5.92. The zero-order chi connectivity index (χ0) is 29.5. The average molecular weight is 564 g/mol. The van der Waals surface area contributed by atoms with Crippen LogP contribution in [-0.4, -0.2) is 64.6 Å². The van der Waals surface area contributed by atoms with E-state index in [-0.39, 0.29) is 18.8 Å². The van der Waals surface area contributed by atoms with Gasteiger partial charge in [0.25, 0.3) is 0 Å². The summed E-state index contributed by atoms with van der Waals surface area (Å²) in [6.45, 7) is 1.64. The standard InChI is InChI=1S/C32H37NO8/c1-3-7-20(16-21-10-13-23(35)14-11-21)12-15-27(36)28-22(19-41-24-8-5-4-6-9-24)17-25-29(26(28)18-34)31(38)33(30(25)37)32(39)40-2/h4-6,8-11,13-14,16,25-27,29,34-36H,3,7,12,15,17-19H2,1-2H3/b20-16+/t25-,26+,27-,29-/m1/s1. The fourth-order valence-electron chi connectivity index (χ4n) is 5.92. The maximum absolute atomic E-state index is 13.3. The Bertz CT molecular complexity index is 1300. The van der Waals surface area contributed by atoms with Gasteiger partial charge in [0, 0.05) is 5.92 Å². The number of carbonyl (C=O) groups is 3. The van der Waals surface area contributed by atoms with Crippen molar-refractivity contribution in [2.24, 2.45) is 17.8 Å². The Morgan fingerprint density at radius 1 is 1.07 bits per heavy atom. The number of hydrogen-bond acceptors (Lipinski definition) is 8. The van der Waals surface area contributed by atoms with E-state index in [1.165, 1.54) is 0 Å². The minimum Gasteiger partial charge on any atom is -0.508 e. The number of methoxy groups -OCH3 is 1. The molecule has 0 spiro atoms. The first kappa shape index (κ1) is 30.0. The molecule has 1 aliphatic heterocycles. The molecule has 2 aromatic rings. The van der Waals surface area contributed by atoms with Gasteiger partial charge in [0.05, 0.1) is 31.7 Å². The van der Waals surface area contributed by atoms with Gasteiger partial charge in [-0.25, -0.2) is 4.79 Å².